The largest absolute Gasteiger partial charge is 0.325 e. The summed E-state index contributed by atoms with van der Waals surface area (Å²) in [5.41, 5.74) is 2.07. The number of hydrogen-bond acceptors (Lipinski definition) is 2. The first kappa shape index (κ1) is 15.1. The van der Waals surface area contributed by atoms with Gasteiger partial charge in [0.15, 0.2) is 0 Å². The fraction of sp³-hybridized carbons (Fsp3) is 0.278. The van der Waals surface area contributed by atoms with Crippen LogP contribution in [-0.2, 0) is 4.79 Å². The molecule has 1 aliphatic heterocycles. The van der Waals surface area contributed by atoms with Gasteiger partial charge in [0.1, 0.15) is 0 Å². The van der Waals surface area contributed by atoms with Crippen molar-refractivity contribution in [2.24, 2.45) is 0 Å². The molecular weight excluding hydrogens is 296 g/mol. The Hall–Kier alpha value is -1.84. The first-order chi connectivity index (χ1) is 10.7. The van der Waals surface area contributed by atoms with Gasteiger partial charge in [-0.25, -0.2) is 0 Å². The lowest BCUT2D eigenvalue weighted by Gasteiger charge is -2.24. The van der Waals surface area contributed by atoms with Crippen LogP contribution < -0.4 is 5.32 Å². The Labute approximate surface area is 135 Å². The summed E-state index contributed by atoms with van der Waals surface area (Å²) in [6.45, 7) is 1.38. The van der Waals surface area contributed by atoms with Gasteiger partial charge in [-0.1, -0.05) is 41.9 Å². The highest BCUT2D eigenvalue weighted by molar-refractivity contribution is 6.30. The van der Waals surface area contributed by atoms with Gasteiger partial charge in [0, 0.05) is 16.8 Å². The van der Waals surface area contributed by atoms with Crippen LogP contribution in [0.15, 0.2) is 54.6 Å². The summed E-state index contributed by atoms with van der Waals surface area (Å²) >= 11 is 5.85. The first-order valence-corrected chi connectivity index (χ1v) is 7.94. The van der Waals surface area contributed by atoms with Crippen LogP contribution in [0.4, 0.5) is 5.69 Å². The summed E-state index contributed by atoms with van der Waals surface area (Å²) in [7, 11) is 0. The summed E-state index contributed by atoms with van der Waals surface area (Å²) in [5.74, 6) is 0.0187. The number of carbonyl (C=O) groups is 1. The molecule has 0 aliphatic carbocycles. The lowest BCUT2D eigenvalue weighted by molar-refractivity contribution is -0.117. The van der Waals surface area contributed by atoms with Crippen LogP contribution in [0.3, 0.4) is 0 Å². The Kier molecular flexibility index (Phi) is 4.76. The van der Waals surface area contributed by atoms with Gasteiger partial charge >= 0.3 is 0 Å². The molecule has 1 N–H and O–H groups in total. The van der Waals surface area contributed by atoms with E-state index >= 15 is 0 Å². The molecular formula is C18H19ClN2O. The van der Waals surface area contributed by atoms with Gasteiger partial charge in [-0.3, -0.25) is 9.69 Å². The zero-order valence-corrected chi connectivity index (χ0v) is 13.1. The topological polar surface area (TPSA) is 32.3 Å². The zero-order valence-electron chi connectivity index (χ0n) is 12.3. The van der Waals surface area contributed by atoms with Crippen molar-refractivity contribution in [1.29, 1.82) is 0 Å². The first-order valence-electron chi connectivity index (χ1n) is 7.57. The third-order valence-corrected chi connectivity index (χ3v) is 4.27. The summed E-state index contributed by atoms with van der Waals surface area (Å²) < 4.78 is 0. The molecule has 3 nitrogen and oxygen atoms in total. The Morgan fingerprint density at radius 1 is 1.14 bits per heavy atom. The molecule has 1 fully saturated rings. The van der Waals surface area contributed by atoms with Gasteiger partial charge in [0.2, 0.25) is 5.91 Å². The Bertz CT molecular complexity index is 627. The summed E-state index contributed by atoms with van der Waals surface area (Å²) in [6.07, 6.45) is 2.24. The molecule has 2 aromatic carbocycles. The van der Waals surface area contributed by atoms with Crippen molar-refractivity contribution in [3.05, 3.63) is 65.2 Å². The average molecular weight is 315 g/mol. The number of halogens is 1. The second kappa shape index (κ2) is 6.95. The van der Waals surface area contributed by atoms with Crippen molar-refractivity contribution >= 4 is 23.2 Å². The number of likely N-dealkylation sites (tertiary alicyclic amines) is 1. The highest BCUT2D eigenvalue weighted by Crippen LogP contribution is 2.31. The predicted octanol–water partition coefficient (Wildman–Crippen LogP) is 4.12. The van der Waals surface area contributed by atoms with Crippen LogP contribution >= 0.6 is 11.6 Å². The van der Waals surface area contributed by atoms with Crippen LogP contribution in [0.5, 0.6) is 0 Å². The van der Waals surface area contributed by atoms with Crippen molar-refractivity contribution in [2.75, 3.05) is 18.4 Å². The molecule has 1 heterocycles. The van der Waals surface area contributed by atoms with E-state index in [1.54, 1.807) is 12.1 Å². The second-order valence-electron chi connectivity index (χ2n) is 5.59. The summed E-state index contributed by atoms with van der Waals surface area (Å²) in [5, 5.41) is 3.60. The molecule has 1 saturated heterocycles. The lowest BCUT2D eigenvalue weighted by atomic mass is 10.0. The number of nitrogens with one attached hydrogen (secondary N) is 1. The number of rotatable bonds is 4. The van der Waals surface area contributed by atoms with E-state index in [1.807, 2.05) is 18.2 Å². The monoisotopic (exact) mass is 314 g/mol. The van der Waals surface area contributed by atoms with E-state index in [0.29, 0.717) is 17.6 Å². The van der Waals surface area contributed by atoms with Gasteiger partial charge in [-0.2, -0.15) is 0 Å². The Morgan fingerprint density at radius 3 is 2.59 bits per heavy atom. The molecule has 1 amide bonds. The van der Waals surface area contributed by atoms with E-state index in [4.69, 9.17) is 11.6 Å². The van der Waals surface area contributed by atoms with Crippen molar-refractivity contribution < 1.29 is 4.79 Å². The van der Waals surface area contributed by atoms with Crippen molar-refractivity contribution in [2.45, 2.75) is 18.9 Å². The number of amides is 1. The van der Waals surface area contributed by atoms with E-state index in [2.05, 4.69) is 34.5 Å². The van der Waals surface area contributed by atoms with Gasteiger partial charge < -0.3 is 5.32 Å². The third-order valence-electron chi connectivity index (χ3n) is 4.02. The van der Waals surface area contributed by atoms with Crippen LogP contribution in [0.1, 0.15) is 24.4 Å². The minimum atomic E-state index is 0.0187. The zero-order chi connectivity index (χ0) is 15.4. The van der Waals surface area contributed by atoms with Crippen LogP contribution in [-0.4, -0.2) is 23.9 Å². The Balaban J connectivity index is 1.62. The third kappa shape index (κ3) is 3.67. The highest BCUT2D eigenvalue weighted by Gasteiger charge is 2.27. The van der Waals surface area contributed by atoms with Crippen LogP contribution in [0, 0.1) is 0 Å². The summed E-state index contributed by atoms with van der Waals surface area (Å²) in [4.78, 5) is 14.5. The van der Waals surface area contributed by atoms with E-state index < -0.39 is 0 Å². The van der Waals surface area contributed by atoms with E-state index in [9.17, 15) is 4.79 Å². The van der Waals surface area contributed by atoms with Gasteiger partial charge in [-0.15, -0.1) is 0 Å². The van der Waals surface area contributed by atoms with Gasteiger partial charge in [0.25, 0.3) is 0 Å². The molecule has 1 aliphatic rings. The van der Waals surface area contributed by atoms with Crippen LogP contribution in [0.25, 0.3) is 0 Å². The fourth-order valence-corrected chi connectivity index (χ4v) is 3.11. The van der Waals surface area contributed by atoms with Crippen LogP contribution in [0.2, 0.25) is 5.02 Å². The number of carbonyl (C=O) groups excluding carboxylic acids is 1. The molecule has 22 heavy (non-hydrogen) atoms. The van der Waals surface area contributed by atoms with E-state index in [-0.39, 0.29) is 5.91 Å². The molecule has 0 radical (unpaired) electrons. The Morgan fingerprint density at radius 2 is 1.86 bits per heavy atom. The number of hydrogen-bond donors (Lipinski definition) is 1. The van der Waals surface area contributed by atoms with Crippen molar-refractivity contribution in [3.8, 4) is 0 Å². The normalized spacial score (nSPS) is 18.3. The smallest absolute Gasteiger partial charge is 0.238 e. The van der Waals surface area contributed by atoms with Gasteiger partial charge in [0.05, 0.1) is 6.54 Å². The number of nitrogens with zero attached hydrogens (tertiary/aromatic N) is 1. The predicted molar refractivity (Wildman–Crippen MR) is 90.1 cm³/mol. The maximum Gasteiger partial charge on any atom is 0.238 e. The maximum absolute atomic E-state index is 12.2. The average Bonchev–Trinajstić information content (AvgIpc) is 2.98. The quantitative estimate of drug-likeness (QED) is 0.921. The number of benzene rings is 2. The lowest BCUT2D eigenvalue weighted by Crippen LogP contribution is -2.32. The molecule has 2 aromatic rings. The minimum absolute atomic E-state index is 0.0187. The van der Waals surface area contributed by atoms with E-state index in [1.165, 1.54) is 5.56 Å². The molecule has 3 rings (SSSR count). The SMILES string of the molecule is O=C(CN1CCCC1c1ccccc1)Nc1ccc(Cl)cc1. The molecule has 0 bridgehead atoms. The standard InChI is InChI=1S/C18H19ClN2O/c19-15-8-10-16(11-9-15)20-18(22)13-21-12-4-7-17(21)14-5-2-1-3-6-14/h1-3,5-6,8-11,17H,4,7,12-13H2,(H,20,22). The highest BCUT2D eigenvalue weighted by atomic mass is 35.5. The molecule has 0 aromatic heterocycles. The molecule has 114 valence electrons. The molecule has 0 saturated carbocycles. The minimum Gasteiger partial charge on any atom is -0.325 e. The van der Waals surface area contributed by atoms with E-state index in [0.717, 1.165) is 25.1 Å². The van der Waals surface area contributed by atoms with Gasteiger partial charge in [-0.05, 0) is 49.2 Å². The molecule has 1 atom stereocenters. The van der Waals surface area contributed by atoms with Crippen molar-refractivity contribution in [1.82, 2.24) is 4.90 Å². The molecule has 0 spiro atoms. The molecule has 4 heteroatoms. The number of anilines is 1. The molecule has 1 unspecified atom stereocenters. The fourth-order valence-electron chi connectivity index (χ4n) is 2.99. The second-order valence-corrected chi connectivity index (χ2v) is 6.03. The maximum atomic E-state index is 12.2. The van der Waals surface area contributed by atoms with Crippen molar-refractivity contribution in [3.63, 3.8) is 0 Å². The summed E-state index contributed by atoms with van der Waals surface area (Å²) in [6, 6.07) is 17.9.